The third-order valence-corrected chi connectivity index (χ3v) is 0.858. The van der Waals surface area contributed by atoms with E-state index >= 15 is 0 Å². The zero-order chi connectivity index (χ0) is 7.98. The van der Waals surface area contributed by atoms with Crippen molar-refractivity contribution < 1.29 is 9.90 Å². The minimum absolute atomic E-state index is 0.101. The van der Waals surface area contributed by atoms with Gasteiger partial charge in [0.1, 0.15) is 0 Å². The molecule has 0 radical (unpaired) electrons. The zero-order valence-corrected chi connectivity index (χ0v) is 6.29. The Balaban J connectivity index is 3.58. The van der Waals surface area contributed by atoms with Gasteiger partial charge in [-0.2, -0.15) is 0 Å². The predicted octanol–water partition coefficient (Wildman–Crippen LogP) is 1.98. The van der Waals surface area contributed by atoms with Crippen molar-refractivity contribution in [1.82, 2.24) is 0 Å². The second-order valence-electron chi connectivity index (χ2n) is 2.27. The summed E-state index contributed by atoms with van der Waals surface area (Å²) in [7, 11) is 0. The molecule has 0 unspecified atom stereocenters. The van der Waals surface area contributed by atoms with Gasteiger partial charge in [0.2, 0.25) is 0 Å². The molecule has 0 saturated carbocycles. The fourth-order valence-corrected chi connectivity index (χ4v) is 0.429. The quantitative estimate of drug-likeness (QED) is 0.608. The summed E-state index contributed by atoms with van der Waals surface area (Å²) in [4.78, 5) is 9.97. The van der Waals surface area contributed by atoms with E-state index in [-0.39, 0.29) is 6.42 Å². The normalized spacial score (nSPS) is 9.80. The molecule has 0 aliphatic carbocycles. The fourth-order valence-electron chi connectivity index (χ4n) is 0.429. The topological polar surface area (TPSA) is 37.3 Å². The van der Waals surface area contributed by atoms with Crippen LogP contribution in [0.15, 0.2) is 23.8 Å². The molecular weight excluding hydrogens is 128 g/mol. The summed E-state index contributed by atoms with van der Waals surface area (Å²) in [6.45, 7) is 3.93. The molecule has 0 rings (SSSR count). The fraction of sp³-hybridized carbons (Fsp3) is 0.375. The third kappa shape index (κ3) is 6.95. The Morgan fingerprint density at radius 1 is 1.50 bits per heavy atom. The molecule has 0 bridgehead atoms. The van der Waals surface area contributed by atoms with E-state index in [9.17, 15) is 4.79 Å². The molecule has 0 aromatic rings. The maximum Gasteiger partial charge on any atom is 0.307 e. The van der Waals surface area contributed by atoms with Crippen LogP contribution in [0.5, 0.6) is 0 Å². The Morgan fingerprint density at radius 2 is 2.10 bits per heavy atom. The number of aliphatic carboxylic acids is 1. The number of rotatable bonds is 3. The first kappa shape index (κ1) is 8.95. The van der Waals surface area contributed by atoms with Crippen molar-refractivity contribution in [1.29, 1.82) is 0 Å². The van der Waals surface area contributed by atoms with Crippen LogP contribution in [0.4, 0.5) is 0 Å². The van der Waals surface area contributed by atoms with Crippen molar-refractivity contribution in [2.45, 2.75) is 20.3 Å². The summed E-state index contributed by atoms with van der Waals surface area (Å²) in [6.07, 6.45) is 5.35. The van der Waals surface area contributed by atoms with Gasteiger partial charge in [-0.15, -0.1) is 0 Å². The van der Waals surface area contributed by atoms with Crippen molar-refractivity contribution in [2.24, 2.45) is 0 Å². The Labute approximate surface area is 60.9 Å². The van der Waals surface area contributed by atoms with Crippen LogP contribution in [-0.4, -0.2) is 11.1 Å². The van der Waals surface area contributed by atoms with Gasteiger partial charge in [-0.1, -0.05) is 23.8 Å². The monoisotopic (exact) mass is 140 g/mol. The molecule has 0 amide bonds. The SMILES string of the molecule is CC(C)=C/C=C\CC(=O)O. The second kappa shape index (κ2) is 4.79. The molecule has 56 valence electrons. The minimum Gasteiger partial charge on any atom is -0.481 e. The Kier molecular flexibility index (Phi) is 4.29. The van der Waals surface area contributed by atoms with Gasteiger partial charge < -0.3 is 5.11 Å². The number of hydrogen-bond acceptors (Lipinski definition) is 1. The van der Waals surface area contributed by atoms with E-state index in [1.54, 1.807) is 12.2 Å². The predicted molar refractivity (Wildman–Crippen MR) is 40.8 cm³/mol. The molecule has 2 nitrogen and oxygen atoms in total. The highest BCUT2D eigenvalue weighted by molar-refractivity contribution is 5.68. The molecular formula is C8H12O2. The first-order valence-electron chi connectivity index (χ1n) is 3.14. The average molecular weight is 140 g/mol. The standard InChI is InChI=1S/C8H12O2/c1-7(2)5-3-4-6-8(9)10/h3-5H,6H2,1-2H3,(H,9,10)/b4-3-. The molecule has 0 aliphatic rings. The van der Waals surface area contributed by atoms with Crippen molar-refractivity contribution in [2.75, 3.05) is 0 Å². The number of carboxylic acid groups (broad SMARTS) is 1. The number of hydrogen-bond donors (Lipinski definition) is 1. The molecule has 0 heterocycles. The van der Waals surface area contributed by atoms with Crippen molar-refractivity contribution in [3.05, 3.63) is 23.8 Å². The highest BCUT2D eigenvalue weighted by Gasteiger charge is 1.86. The lowest BCUT2D eigenvalue weighted by atomic mass is 10.3. The van der Waals surface area contributed by atoms with Crippen molar-refractivity contribution >= 4 is 5.97 Å². The van der Waals surface area contributed by atoms with E-state index in [1.165, 1.54) is 5.57 Å². The van der Waals surface area contributed by atoms with Crippen LogP contribution in [0.2, 0.25) is 0 Å². The molecule has 0 spiro atoms. The van der Waals surface area contributed by atoms with Crippen LogP contribution >= 0.6 is 0 Å². The highest BCUT2D eigenvalue weighted by atomic mass is 16.4. The van der Waals surface area contributed by atoms with Gasteiger partial charge >= 0.3 is 5.97 Å². The Morgan fingerprint density at radius 3 is 2.50 bits per heavy atom. The number of carbonyl (C=O) groups is 1. The van der Waals surface area contributed by atoms with Gasteiger partial charge in [0.15, 0.2) is 0 Å². The third-order valence-electron chi connectivity index (χ3n) is 0.858. The van der Waals surface area contributed by atoms with Gasteiger partial charge in [0.05, 0.1) is 6.42 Å². The van der Waals surface area contributed by atoms with E-state index in [0.29, 0.717) is 0 Å². The molecule has 0 aromatic carbocycles. The molecule has 0 fully saturated rings. The molecule has 0 aliphatic heterocycles. The molecule has 10 heavy (non-hydrogen) atoms. The maximum atomic E-state index is 9.97. The van der Waals surface area contributed by atoms with Crippen LogP contribution < -0.4 is 0 Å². The average Bonchev–Trinajstić information content (AvgIpc) is 1.79. The minimum atomic E-state index is -0.793. The smallest absolute Gasteiger partial charge is 0.307 e. The van der Waals surface area contributed by atoms with Crippen LogP contribution in [0, 0.1) is 0 Å². The first-order valence-corrected chi connectivity index (χ1v) is 3.14. The van der Waals surface area contributed by atoms with Crippen LogP contribution in [0.3, 0.4) is 0 Å². The van der Waals surface area contributed by atoms with Gasteiger partial charge in [0, 0.05) is 0 Å². The van der Waals surface area contributed by atoms with Crippen LogP contribution in [0.1, 0.15) is 20.3 Å². The van der Waals surface area contributed by atoms with Gasteiger partial charge in [-0.3, -0.25) is 4.79 Å². The lowest BCUT2D eigenvalue weighted by Crippen LogP contribution is -1.89. The maximum absolute atomic E-state index is 9.97. The van der Waals surface area contributed by atoms with E-state index in [1.807, 2.05) is 19.9 Å². The van der Waals surface area contributed by atoms with E-state index in [0.717, 1.165) is 0 Å². The summed E-state index contributed by atoms with van der Waals surface area (Å²) in [5, 5.41) is 8.21. The number of allylic oxidation sites excluding steroid dienone is 3. The first-order chi connectivity index (χ1) is 4.63. The summed E-state index contributed by atoms with van der Waals surface area (Å²) in [5.41, 5.74) is 1.17. The zero-order valence-electron chi connectivity index (χ0n) is 6.29. The summed E-state index contributed by atoms with van der Waals surface area (Å²) >= 11 is 0. The summed E-state index contributed by atoms with van der Waals surface area (Å²) < 4.78 is 0. The Bertz CT molecular complexity index is 162. The summed E-state index contributed by atoms with van der Waals surface area (Å²) in [5.74, 6) is -0.793. The largest absolute Gasteiger partial charge is 0.481 e. The van der Waals surface area contributed by atoms with Gasteiger partial charge in [-0.25, -0.2) is 0 Å². The lowest BCUT2D eigenvalue weighted by molar-refractivity contribution is -0.135. The van der Waals surface area contributed by atoms with Crippen LogP contribution in [-0.2, 0) is 4.79 Å². The van der Waals surface area contributed by atoms with Crippen molar-refractivity contribution in [3.63, 3.8) is 0 Å². The molecule has 0 saturated heterocycles. The molecule has 0 aromatic heterocycles. The van der Waals surface area contributed by atoms with Gasteiger partial charge in [0.25, 0.3) is 0 Å². The molecule has 2 heteroatoms. The van der Waals surface area contributed by atoms with E-state index in [4.69, 9.17) is 5.11 Å². The van der Waals surface area contributed by atoms with Crippen LogP contribution in [0.25, 0.3) is 0 Å². The van der Waals surface area contributed by atoms with E-state index in [2.05, 4.69) is 0 Å². The molecule has 0 atom stereocenters. The molecule has 1 N–H and O–H groups in total. The van der Waals surface area contributed by atoms with E-state index < -0.39 is 5.97 Å². The Hall–Kier alpha value is -1.05. The number of carboxylic acids is 1. The van der Waals surface area contributed by atoms with Gasteiger partial charge in [-0.05, 0) is 13.8 Å². The lowest BCUT2D eigenvalue weighted by Gasteiger charge is -1.82. The van der Waals surface area contributed by atoms with Crippen molar-refractivity contribution in [3.8, 4) is 0 Å². The second-order valence-corrected chi connectivity index (χ2v) is 2.27. The highest BCUT2D eigenvalue weighted by Crippen LogP contribution is 1.90. The summed E-state index contributed by atoms with van der Waals surface area (Å²) in [6, 6.07) is 0.